The summed E-state index contributed by atoms with van der Waals surface area (Å²) in [6.45, 7) is 4.85. The lowest BCUT2D eigenvalue weighted by molar-refractivity contribution is 0.0947. The maximum Gasteiger partial charge on any atom is 0.576 e. The van der Waals surface area contributed by atoms with E-state index < -0.39 is 0 Å². The van der Waals surface area contributed by atoms with Crippen LogP contribution in [0, 0.1) is 0 Å². The SMILES string of the molecule is CCNC(=O)c1cccc(OBOc2cccc(C(=O)NCC)c2)c1. The van der Waals surface area contributed by atoms with Gasteiger partial charge in [0, 0.05) is 24.2 Å². The van der Waals surface area contributed by atoms with Gasteiger partial charge in [-0.15, -0.1) is 0 Å². The Morgan fingerprint density at radius 2 is 1.28 bits per heavy atom. The quantitative estimate of drug-likeness (QED) is 0.720. The van der Waals surface area contributed by atoms with Crippen LogP contribution < -0.4 is 19.9 Å². The van der Waals surface area contributed by atoms with E-state index in [-0.39, 0.29) is 19.5 Å². The summed E-state index contributed by atoms with van der Waals surface area (Å²) in [5.41, 5.74) is 1.05. The Morgan fingerprint density at radius 1 is 0.840 bits per heavy atom. The second kappa shape index (κ2) is 9.37. The largest absolute Gasteiger partial charge is 0.576 e. The second-order valence-electron chi connectivity index (χ2n) is 5.18. The van der Waals surface area contributed by atoms with E-state index >= 15 is 0 Å². The third kappa shape index (κ3) is 5.56. The normalized spacial score (nSPS) is 9.84. The van der Waals surface area contributed by atoms with Crippen molar-refractivity contribution in [3.8, 4) is 11.5 Å². The van der Waals surface area contributed by atoms with Crippen LogP contribution in [0.3, 0.4) is 0 Å². The molecule has 0 radical (unpaired) electrons. The van der Waals surface area contributed by atoms with Crippen molar-refractivity contribution in [2.75, 3.05) is 13.1 Å². The van der Waals surface area contributed by atoms with E-state index in [9.17, 15) is 9.59 Å². The van der Waals surface area contributed by atoms with Crippen molar-refractivity contribution in [3.63, 3.8) is 0 Å². The molecule has 2 N–H and O–H groups in total. The molecule has 2 aromatic rings. The van der Waals surface area contributed by atoms with Gasteiger partial charge in [-0.3, -0.25) is 9.59 Å². The number of carbonyl (C=O) groups excluding carboxylic acids is 2. The molecule has 0 heterocycles. The lowest BCUT2D eigenvalue weighted by Gasteiger charge is -2.10. The summed E-state index contributed by atoms with van der Waals surface area (Å²) < 4.78 is 11.0. The van der Waals surface area contributed by atoms with Gasteiger partial charge in [0.2, 0.25) is 0 Å². The second-order valence-corrected chi connectivity index (χ2v) is 5.18. The Balaban J connectivity index is 1.92. The van der Waals surface area contributed by atoms with E-state index in [0.717, 1.165) is 0 Å². The van der Waals surface area contributed by atoms with E-state index in [1.54, 1.807) is 48.5 Å². The molecule has 0 fully saturated rings. The standard InChI is InChI=1S/C18H21BN2O4/c1-3-20-17(22)13-7-5-9-15(11-13)24-19-25-16-10-6-8-14(12-16)18(23)21-4-2/h5-12,19H,3-4H2,1-2H3,(H,20,22)(H,21,23). The fraction of sp³-hybridized carbons (Fsp3) is 0.222. The molecule has 0 bridgehead atoms. The molecule has 0 unspecified atom stereocenters. The summed E-state index contributed by atoms with van der Waals surface area (Å²) in [4.78, 5) is 23.6. The van der Waals surface area contributed by atoms with Gasteiger partial charge in [0.05, 0.1) is 0 Å². The molecule has 2 rings (SSSR count). The van der Waals surface area contributed by atoms with Gasteiger partial charge in [-0.25, -0.2) is 0 Å². The number of amides is 2. The van der Waals surface area contributed by atoms with Crippen LogP contribution >= 0.6 is 0 Å². The number of hydrogen-bond acceptors (Lipinski definition) is 4. The first-order chi connectivity index (χ1) is 12.1. The van der Waals surface area contributed by atoms with Gasteiger partial charge in [-0.1, -0.05) is 12.1 Å². The average Bonchev–Trinajstić information content (AvgIpc) is 2.63. The molecule has 25 heavy (non-hydrogen) atoms. The van der Waals surface area contributed by atoms with Gasteiger partial charge in [-0.2, -0.15) is 0 Å². The highest BCUT2D eigenvalue weighted by atomic mass is 16.6. The number of hydrogen-bond donors (Lipinski definition) is 2. The summed E-state index contributed by atoms with van der Waals surface area (Å²) in [5, 5.41) is 5.47. The Kier molecular flexibility index (Phi) is 6.89. The van der Waals surface area contributed by atoms with Crippen LogP contribution in [0.2, 0.25) is 0 Å². The maximum absolute atomic E-state index is 11.8. The molecule has 7 heteroatoms. The number of benzene rings is 2. The Hall–Kier alpha value is -2.96. The Labute approximate surface area is 147 Å². The Morgan fingerprint density at radius 3 is 1.68 bits per heavy atom. The molecule has 0 aliphatic heterocycles. The zero-order valence-electron chi connectivity index (χ0n) is 14.4. The zero-order chi connectivity index (χ0) is 18.1. The monoisotopic (exact) mass is 340 g/mol. The maximum atomic E-state index is 11.8. The fourth-order valence-electron chi connectivity index (χ4n) is 2.15. The molecule has 0 saturated carbocycles. The van der Waals surface area contributed by atoms with E-state index in [1.165, 1.54) is 0 Å². The van der Waals surface area contributed by atoms with Gasteiger partial charge in [0.15, 0.2) is 0 Å². The molecule has 130 valence electrons. The van der Waals surface area contributed by atoms with Crippen molar-refractivity contribution in [1.29, 1.82) is 0 Å². The molecule has 2 aromatic carbocycles. The summed E-state index contributed by atoms with van der Waals surface area (Å²) in [6.07, 6.45) is 0. The predicted octanol–water partition coefficient (Wildman–Crippen LogP) is 1.91. The van der Waals surface area contributed by atoms with Crippen LogP contribution in [0.1, 0.15) is 34.6 Å². The van der Waals surface area contributed by atoms with Crippen molar-refractivity contribution >= 4 is 19.5 Å². The topological polar surface area (TPSA) is 76.7 Å². The molecule has 0 aliphatic rings. The van der Waals surface area contributed by atoms with E-state index in [2.05, 4.69) is 10.6 Å². The molecule has 6 nitrogen and oxygen atoms in total. The minimum absolute atomic E-state index is 0.0301. The summed E-state index contributed by atoms with van der Waals surface area (Å²) in [6, 6.07) is 13.7. The molecule has 2 amide bonds. The summed E-state index contributed by atoms with van der Waals surface area (Å²) in [5.74, 6) is 0.763. The molecular weight excluding hydrogens is 319 g/mol. The van der Waals surface area contributed by atoms with Gasteiger partial charge in [0.1, 0.15) is 11.5 Å². The first-order valence-electron chi connectivity index (χ1n) is 8.16. The molecular formula is C18H21BN2O4. The highest BCUT2D eigenvalue weighted by Gasteiger charge is 2.08. The molecule has 0 aromatic heterocycles. The predicted molar refractivity (Wildman–Crippen MR) is 97.3 cm³/mol. The van der Waals surface area contributed by atoms with Gasteiger partial charge >= 0.3 is 7.69 Å². The first-order valence-corrected chi connectivity index (χ1v) is 8.16. The average molecular weight is 340 g/mol. The van der Waals surface area contributed by atoms with Gasteiger partial charge < -0.3 is 19.9 Å². The van der Waals surface area contributed by atoms with Crippen molar-refractivity contribution in [3.05, 3.63) is 59.7 Å². The first kappa shape index (κ1) is 18.4. The van der Waals surface area contributed by atoms with Crippen LogP contribution in [0.4, 0.5) is 0 Å². The van der Waals surface area contributed by atoms with Crippen LogP contribution in [-0.2, 0) is 0 Å². The number of rotatable bonds is 8. The third-order valence-corrected chi connectivity index (χ3v) is 3.32. The minimum Gasteiger partial charge on any atom is -0.529 e. The fourth-order valence-corrected chi connectivity index (χ4v) is 2.15. The van der Waals surface area contributed by atoms with Crippen LogP contribution in [-0.4, -0.2) is 32.6 Å². The van der Waals surface area contributed by atoms with Crippen LogP contribution in [0.5, 0.6) is 11.5 Å². The van der Waals surface area contributed by atoms with Gasteiger partial charge in [-0.05, 0) is 50.2 Å². The van der Waals surface area contributed by atoms with Crippen molar-refractivity contribution in [2.24, 2.45) is 0 Å². The highest BCUT2D eigenvalue weighted by molar-refractivity contribution is 6.20. The summed E-state index contributed by atoms with van der Waals surface area (Å²) in [7, 11) is -0.0301. The highest BCUT2D eigenvalue weighted by Crippen LogP contribution is 2.15. The van der Waals surface area contributed by atoms with Gasteiger partial charge in [0.25, 0.3) is 11.8 Å². The molecule has 0 atom stereocenters. The van der Waals surface area contributed by atoms with Crippen LogP contribution in [0.15, 0.2) is 48.5 Å². The van der Waals surface area contributed by atoms with E-state index in [0.29, 0.717) is 35.7 Å². The zero-order valence-corrected chi connectivity index (χ0v) is 14.4. The smallest absolute Gasteiger partial charge is 0.529 e. The molecule has 0 saturated heterocycles. The van der Waals surface area contributed by atoms with E-state index in [1.807, 2.05) is 13.8 Å². The van der Waals surface area contributed by atoms with E-state index in [4.69, 9.17) is 9.31 Å². The lowest BCUT2D eigenvalue weighted by Crippen LogP contribution is -2.23. The third-order valence-electron chi connectivity index (χ3n) is 3.32. The number of carbonyl (C=O) groups is 2. The number of nitrogens with one attached hydrogen (secondary N) is 2. The van der Waals surface area contributed by atoms with Crippen molar-refractivity contribution in [2.45, 2.75) is 13.8 Å². The molecule has 0 aliphatic carbocycles. The summed E-state index contributed by atoms with van der Waals surface area (Å²) >= 11 is 0. The minimum atomic E-state index is -0.150. The molecule has 0 spiro atoms. The van der Waals surface area contributed by atoms with Crippen LogP contribution in [0.25, 0.3) is 0 Å². The Bertz CT molecular complexity index is 675. The van der Waals surface area contributed by atoms with Crippen molar-refractivity contribution in [1.82, 2.24) is 10.6 Å². The van der Waals surface area contributed by atoms with Crippen molar-refractivity contribution < 1.29 is 18.9 Å². The lowest BCUT2D eigenvalue weighted by atomic mass is 10.2.